The summed E-state index contributed by atoms with van der Waals surface area (Å²) in [6.45, 7) is 4.29. The molecule has 2 aliphatic heterocycles. The van der Waals surface area contributed by atoms with Crippen molar-refractivity contribution in [2.24, 2.45) is 5.73 Å². The minimum atomic E-state index is 0. The van der Waals surface area contributed by atoms with Crippen LogP contribution in [0, 0.1) is 6.92 Å². The number of nitrogens with two attached hydrogens (primary N) is 1. The second kappa shape index (κ2) is 7.85. The average molecular weight is 395 g/mol. The number of halogens is 1. The second-order valence-electron chi connectivity index (χ2n) is 6.58. The van der Waals surface area contributed by atoms with E-state index in [1.807, 2.05) is 24.2 Å². The fraction of sp³-hybridized carbons (Fsp3) is 0.471. The Morgan fingerprint density at radius 1 is 1.38 bits per heavy atom. The normalized spacial score (nSPS) is 20.7. The lowest BCUT2D eigenvalue weighted by molar-refractivity contribution is -0.127. The predicted octanol–water partition coefficient (Wildman–Crippen LogP) is 2.03. The summed E-state index contributed by atoms with van der Waals surface area (Å²) in [7, 11) is 0. The first-order valence-corrected chi connectivity index (χ1v) is 9.57. The van der Waals surface area contributed by atoms with E-state index in [2.05, 4.69) is 19.9 Å². The molecule has 2 aliphatic rings. The zero-order chi connectivity index (χ0) is 17.4. The van der Waals surface area contributed by atoms with Crippen LogP contribution >= 0.6 is 24.2 Å². The molecule has 0 radical (unpaired) electrons. The quantitative estimate of drug-likeness (QED) is 0.809. The van der Waals surface area contributed by atoms with Gasteiger partial charge in [-0.25, -0.2) is 9.97 Å². The lowest BCUT2D eigenvalue weighted by atomic mass is 10.1. The fourth-order valence-electron chi connectivity index (χ4n) is 3.45. The molecule has 1 fully saturated rings. The molecule has 2 aromatic heterocycles. The van der Waals surface area contributed by atoms with Crippen LogP contribution in [0.15, 0.2) is 23.6 Å². The van der Waals surface area contributed by atoms with Crippen LogP contribution in [0.5, 0.6) is 0 Å². The summed E-state index contributed by atoms with van der Waals surface area (Å²) >= 11 is 1.61. The number of aromatic nitrogens is 3. The van der Waals surface area contributed by atoms with Crippen molar-refractivity contribution in [3.8, 4) is 0 Å². The van der Waals surface area contributed by atoms with Crippen molar-refractivity contribution in [1.82, 2.24) is 19.9 Å². The second-order valence-corrected chi connectivity index (χ2v) is 7.72. The number of thioether (sulfide) groups is 1. The van der Waals surface area contributed by atoms with E-state index in [0.717, 1.165) is 59.0 Å². The number of rotatable bonds is 2. The molecule has 7 nitrogen and oxygen atoms in total. The molecule has 140 valence electrons. The van der Waals surface area contributed by atoms with E-state index in [-0.39, 0.29) is 24.4 Å². The molecule has 0 unspecified atom stereocenters. The Kier molecular flexibility index (Phi) is 5.74. The van der Waals surface area contributed by atoms with Crippen molar-refractivity contribution in [2.45, 2.75) is 25.8 Å². The Hall–Kier alpha value is -1.77. The van der Waals surface area contributed by atoms with Crippen molar-refractivity contribution in [2.75, 3.05) is 30.3 Å². The summed E-state index contributed by atoms with van der Waals surface area (Å²) in [4.78, 5) is 29.5. The first-order chi connectivity index (χ1) is 12.1. The third-order valence-corrected chi connectivity index (χ3v) is 5.72. The summed E-state index contributed by atoms with van der Waals surface area (Å²) in [5, 5.41) is 1.01. The largest absolute Gasteiger partial charge is 0.346 e. The number of carbonyl (C=O) groups is 1. The van der Waals surface area contributed by atoms with Crippen molar-refractivity contribution in [3.63, 3.8) is 0 Å². The van der Waals surface area contributed by atoms with Gasteiger partial charge >= 0.3 is 0 Å². The van der Waals surface area contributed by atoms with Gasteiger partial charge in [0, 0.05) is 43.8 Å². The van der Waals surface area contributed by atoms with Crippen molar-refractivity contribution in [3.05, 3.63) is 29.2 Å². The van der Waals surface area contributed by atoms with E-state index in [1.54, 1.807) is 18.1 Å². The van der Waals surface area contributed by atoms with Gasteiger partial charge in [-0.1, -0.05) is 0 Å². The molecule has 2 aromatic rings. The van der Waals surface area contributed by atoms with Crippen LogP contribution in [-0.2, 0) is 4.79 Å². The van der Waals surface area contributed by atoms with Gasteiger partial charge in [-0.2, -0.15) is 0 Å². The monoisotopic (exact) mass is 394 g/mol. The maximum Gasteiger partial charge on any atom is 0.261 e. The first kappa shape index (κ1) is 19.0. The number of hydrogen-bond acceptors (Lipinski definition) is 6. The number of aromatic amines is 1. The molecule has 0 spiro atoms. The number of amides is 1. The standard InChI is InChI=1S/C17H22N6OS.ClH/c1-11-7-19-15-14(11)16(21-10-20-15)22-5-6-25-13(9-22)17(24)23-4-2-3-12(18)8-23;/h7,9-10,12H,2-6,8,18H2,1H3,(H,19,20,21);1H/t12-;/m1./s1. The highest BCUT2D eigenvalue weighted by Crippen LogP contribution is 2.31. The number of fused-ring (bicyclic) bond motifs is 1. The summed E-state index contributed by atoms with van der Waals surface area (Å²) in [5.41, 5.74) is 7.95. The highest BCUT2D eigenvalue weighted by Gasteiger charge is 2.27. The van der Waals surface area contributed by atoms with Crippen LogP contribution in [-0.4, -0.2) is 57.2 Å². The lowest BCUT2D eigenvalue weighted by Crippen LogP contribution is -2.46. The minimum absolute atomic E-state index is 0. The average Bonchev–Trinajstić information content (AvgIpc) is 3.02. The smallest absolute Gasteiger partial charge is 0.261 e. The number of likely N-dealkylation sites (tertiary alicyclic amines) is 1. The SMILES string of the molecule is Cc1c[nH]c2ncnc(N3C=C(C(=O)N4CCC[C@@H](N)C4)SCC3)c12.Cl. The van der Waals surface area contributed by atoms with Crippen molar-refractivity contribution in [1.29, 1.82) is 0 Å². The number of nitrogens with zero attached hydrogens (tertiary/aromatic N) is 4. The van der Waals surface area contributed by atoms with Crippen LogP contribution in [0.3, 0.4) is 0 Å². The van der Waals surface area contributed by atoms with Gasteiger partial charge in [-0.05, 0) is 25.3 Å². The summed E-state index contributed by atoms with van der Waals surface area (Å²) in [6.07, 6.45) is 7.41. The summed E-state index contributed by atoms with van der Waals surface area (Å²) in [5.74, 6) is 1.79. The Balaban J connectivity index is 0.00000196. The molecule has 4 heterocycles. The van der Waals surface area contributed by atoms with Gasteiger partial charge in [0.15, 0.2) is 0 Å². The molecule has 3 N–H and O–H groups in total. The van der Waals surface area contributed by atoms with Gasteiger partial charge in [0.05, 0.1) is 10.3 Å². The van der Waals surface area contributed by atoms with E-state index in [4.69, 9.17) is 5.73 Å². The fourth-order valence-corrected chi connectivity index (χ4v) is 4.41. The van der Waals surface area contributed by atoms with Gasteiger partial charge in [-0.3, -0.25) is 4.79 Å². The number of anilines is 1. The topological polar surface area (TPSA) is 91.1 Å². The number of hydrogen-bond donors (Lipinski definition) is 2. The third kappa shape index (κ3) is 3.54. The molecule has 1 amide bonds. The van der Waals surface area contributed by atoms with Crippen LogP contribution in [0.1, 0.15) is 18.4 Å². The molecule has 0 bridgehead atoms. The highest BCUT2D eigenvalue weighted by molar-refractivity contribution is 8.04. The lowest BCUT2D eigenvalue weighted by Gasteiger charge is -2.33. The first-order valence-electron chi connectivity index (χ1n) is 8.58. The zero-order valence-electron chi connectivity index (χ0n) is 14.6. The molecule has 4 rings (SSSR count). The maximum absolute atomic E-state index is 12.9. The van der Waals surface area contributed by atoms with E-state index >= 15 is 0 Å². The van der Waals surface area contributed by atoms with Gasteiger partial charge in [0.1, 0.15) is 17.8 Å². The van der Waals surface area contributed by atoms with Crippen molar-refractivity contribution < 1.29 is 4.79 Å². The Morgan fingerprint density at radius 3 is 3.04 bits per heavy atom. The summed E-state index contributed by atoms with van der Waals surface area (Å²) in [6, 6.07) is 0.0898. The van der Waals surface area contributed by atoms with Gasteiger partial charge in [0.25, 0.3) is 5.91 Å². The molecule has 1 atom stereocenters. The Labute approximate surface area is 162 Å². The zero-order valence-corrected chi connectivity index (χ0v) is 16.3. The van der Waals surface area contributed by atoms with E-state index in [1.165, 1.54) is 0 Å². The highest BCUT2D eigenvalue weighted by atomic mass is 35.5. The molecule has 0 aromatic carbocycles. The molecule has 1 saturated heterocycles. The van der Waals surface area contributed by atoms with E-state index in [0.29, 0.717) is 6.54 Å². The Bertz CT molecular complexity index is 838. The number of carbonyl (C=O) groups excluding carboxylic acids is 1. The minimum Gasteiger partial charge on any atom is -0.346 e. The Morgan fingerprint density at radius 2 is 2.23 bits per heavy atom. The molecule has 9 heteroatoms. The number of nitrogens with one attached hydrogen (secondary N) is 1. The number of piperidine rings is 1. The van der Waals surface area contributed by atoms with Crippen LogP contribution in [0.4, 0.5) is 5.82 Å². The molecule has 0 aliphatic carbocycles. The van der Waals surface area contributed by atoms with Gasteiger partial charge in [-0.15, -0.1) is 24.2 Å². The van der Waals surface area contributed by atoms with Crippen LogP contribution < -0.4 is 10.6 Å². The molecule has 26 heavy (non-hydrogen) atoms. The predicted molar refractivity (Wildman–Crippen MR) is 108 cm³/mol. The van der Waals surface area contributed by atoms with E-state index in [9.17, 15) is 4.79 Å². The van der Waals surface area contributed by atoms with Gasteiger partial charge in [0.2, 0.25) is 0 Å². The third-order valence-electron chi connectivity index (χ3n) is 4.74. The van der Waals surface area contributed by atoms with Crippen LogP contribution in [0.25, 0.3) is 11.0 Å². The summed E-state index contributed by atoms with van der Waals surface area (Å²) < 4.78 is 0. The molecular weight excluding hydrogens is 372 g/mol. The number of H-pyrrole nitrogens is 1. The van der Waals surface area contributed by atoms with Gasteiger partial charge < -0.3 is 20.5 Å². The van der Waals surface area contributed by atoms with E-state index < -0.39 is 0 Å². The molecule has 0 saturated carbocycles. The maximum atomic E-state index is 12.9. The molecular formula is C17H23ClN6OS. The van der Waals surface area contributed by atoms with Crippen LogP contribution in [0.2, 0.25) is 0 Å². The van der Waals surface area contributed by atoms with Crippen molar-refractivity contribution >= 4 is 46.9 Å². The number of aryl methyl sites for hydroxylation is 1.